The molecule has 0 saturated carbocycles. The van der Waals surface area contributed by atoms with Gasteiger partial charge in [0.05, 0.1) is 35.3 Å². The highest BCUT2D eigenvalue weighted by atomic mass is 32.2. The molecule has 0 radical (unpaired) electrons. The Morgan fingerprint density at radius 1 is 1.26 bits per heavy atom. The van der Waals surface area contributed by atoms with Crippen molar-refractivity contribution in [1.29, 1.82) is 0 Å². The number of tetrazole rings is 1. The van der Waals surface area contributed by atoms with Crippen LogP contribution in [0.3, 0.4) is 0 Å². The van der Waals surface area contributed by atoms with Gasteiger partial charge in [0.1, 0.15) is 0 Å². The zero-order chi connectivity index (χ0) is 21.8. The Morgan fingerprint density at radius 2 is 2.06 bits per heavy atom. The van der Waals surface area contributed by atoms with Crippen molar-refractivity contribution in [3.05, 3.63) is 23.8 Å². The molecule has 2 aliphatic rings. The number of rotatable bonds is 7. The summed E-state index contributed by atoms with van der Waals surface area (Å²) in [6.45, 7) is 2.72. The Bertz CT molecular complexity index is 910. The summed E-state index contributed by atoms with van der Waals surface area (Å²) in [4.78, 5) is 14.5. The summed E-state index contributed by atoms with van der Waals surface area (Å²) in [5.74, 6) is -0.446. The summed E-state index contributed by atoms with van der Waals surface area (Å²) in [6, 6.07) is 3.48. The van der Waals surface area contributed by atoms with E-state index in [0.717, 1.165) is 62.7 Å². The Balaban J connectivity index is 1.42. The molecule has 2 saturated heterocycles. The van der Waals surface area contributed by atoms with Crippen LogP contribution in [-0.2, 0) is 22.3 Å². The maximum atomic E-state index is 13.2. The van der Waals surface area contributed by atoms with Gasteiger partial charge < -0.3 is 15.0 Å². The lowest BCUT2D eigenvalue weighted by Crippen LogP contribution is -2.23. The smallest absolute Gasteiger partial charge is 0.376 e. The van der Waals surface area contributed by atoms with Gasteiger partial charge in [0.25, 0.3) is 0 Å². The monoisotopic (exact) mass is 456 g/mol. The van der Waals surface area contributed by atoms with E-state index < -0.39 is 17.6 Å². The molecule has 1 aromatic carbocycles. The molecular weight excluding hydrogens is 433 g/mol. The molecule has 0 aliphatic carbocycles. The minimum Gasteiger partial charge on any atom is -0.376 e. The van der Waals surface area contributed by atoms with Gasteiger partial charge in [0, 0.05) is 19.7 Å². The van der Waals surface area contributed by atoms with Crippen LogP contribution in [0.4, 0.5) is 24.5 Å². The summed E-state index contributed by atoms with van der Waals surface area (Å²) in [5.41, 5.74) is -0.0211. The van der Waals surface area contributed by atoms with Gasteiger partial charge in [0.15, 0.2) is 0 Å². The Morgan fingerprint density at radius 3 is 2.77 bits per heavy atom. The zero-order valence-electron chi connectivity index (χ0n) is 16.8. The summed E-state index contributed by atoms with van der Waals surface area (Å²) in [5, 5.41) is 14.6. The maximum Gasteiger partial charge on any atom is 0.416 e. The highest BCUT2D eigenvalue weighted by molar-refractivity contribution is 7.99. The lowest BCUT2D eigenvalue weighted by atomic mass is 10.1. The fourth-order valence-corrected chi connectivity index (χ4v) is 4.44. The first-order chi connectivity index (χ1) is 14.9. The zero-order valence-corrected chi connectivity index (χ0v) is 17.6. The standard InChI is InChI=1S/C19H23F3N6O2S/c20-19(21,22)13-5-6-16(27-7-1-2-8-27)15(10-13)23-17(29)12-31-18-24-25-26-28(18)11-14-4-3-9-30-14/h5-6,10,14H,1-4,7-9,11-12H2,(H,23,29)/t14-/m1/s1. The topological polar surface area (TPSA) is 85.2 Å². The van der Waals surface area contributed by atoms with E-state index in [1.54, 1.807) is 4.68 Å². The minimum absolute atomic E-state index is 0.0262. The van der Waals surface area contributed by atoms with Crippen molar-refractivity contribution in [2.24, 2.45) is 0 Å². The van der Waals surface area contributed by atoms with E-state index in [9.17, 15) is 18.0 Å². The number of anilines is 2. The van der Waals surface area contributed by atoms with Crippen LogP contribution in [0.1, 0.15) is 31.2 Å². The molecule has 1 atom stereocenters. The number of thioether (sulfide) groups is 1. The highest BCUT2D eigenvalue weighted by Crippen LogP contribution is 2.36. The molecule has 1 aromatic heterocycles. The second-order valence-corrected chi connectivity index (χ2v) is 8.48. The predicted octanol–water partition coefficient (Wildman–Crippen LogP) is 3.20. The fraction of sp³-hybridized carbons (Fsp3) is 0.579. The van der Waals surface area contributed by atoms with E-state index in [1.165, 1.54) is 6.07 Å². The number of ether oxygens (including phenoxy) is 1. The number of nitrogens with one attached hydrogen (secondary N) is 1. The Labute approximate surface area is 181 Å². The van der Waals surface area contributed by atoms with Crippen molar-refractivity contribution in [2.45, 2.75) is 49.7 Å². The third-order valence-corrected chi connectivity index (χ3v) is 6.23. The van der Waals surface area contributed by atoms with Crippen LogP contribution in [0.25, 0.3) is 0 Å². The molecule has 0 unspecified atom stereocenters. The van der Waals surface area contributed by atoms with Crippen molar-refractivity contribution in [1.82, 2.24) is 20.2 Å². The van der Waals surface area contributed by atoms with Crippen LogP contribution in [0.5, 0.6) is 0 Å². The van der Waals surface area contributed by atoms with Gasteiger partial charge in [-0.2, -0.15) is 13.2 Å². The second kappa shape index (κ2) is 9.43. The van der Waals surface area contributed by atoms with E-state index in [0.29, 0.717) is 24.0 Å². The SMILES string of the molecule is O=C(CSc1nnnn1C[C@H]1CCCO1)Nc1cc(C(F)(F)F)ccc1N1CCCC1. The van der Waals surface area contributed by atoms with Gasteiger partial charge in [0.2, 0.25) is 11.1 Å². The molecule has 8 nitrogen and oxygen atoms in total. The third kappa shape index (κ3) is 5.48. The Kier molecular flexibility index (Phi) is 6.65. The first kappa shape index (κ1) is 21.9. The van der Waals surface area contributed by atoms with Gasteiger partial charge in [-0.25, -0.2) is 4.68 Å². The molecule has 12 heteroatoms. The molecule has 31 heavy (non-hydrogen) atoms. The number of alkyl halides is 3. The van der Waals surface area contributed by atoms with Crippen LogP contribution in [0.2, 0.25) is 0 Å². The number of aromatic nitrogens is 4. The van der Waals surface area contributed by atoms with Crippen molar-refractivity contribution < 1.29 is 22.7 Å². The summed E-state index contributed by atoms with van der Waals surface area (Å²) >= 11 is 1.14. The molecule has 0 spiro atoms. The normalized spacial score (nSPS) is 19.2. The van der Waals surface area contributed by atoms with Crippen molar-refractivity contribution in [3.8, 4) is 0 Å². The average molecular weight is 456 g/mol. The number of halogens is 3. The largest absolute Gasteiger partial charge is 0.416 e. The molecule has 2 aliphatic heterocycles. The first-order valence-corrected chi connectivity index (χ1v) is 11.2. The van der Waals surface area contributed by atoms with Crippen LogP contribution < -0.4 is 10.2 Å². The second-order valence-electron chi connectivity index (χ2n) is 7.54. The molecule has 168 valence electrons. The quantitative estimate of drug-likeness (QED) is 0.641. The van der Waals surface area contributed by atoms with E-state index in [4.69, 9.17) is 4.74 Å². The molecule has 1 N–H and O–H groups in total. The first-order valence-electron chi connectivity index (χ1n) is 10.2. The van der Waals surface area contributed by atoms with Crippen LogP contribution in [-0.4, -0.2) is 57.7 Å². The van der Waals surface area contributed by atoms with E-state index in [-0.39, 0.29) is 17.5 Å². The van der Waals surface area contributed by atoms with Crippen molar-refractivity contribution >= 4 is 29.0 Å². The summed E-state index contributed by atoms with van der Waals surface area (Å²) in [6.07, 6.45) is -0.574. The van der Waals surface area contributed by atoms with Crippen LogP contribution >= 0.6 is 11.8 Å². The maximum absolute atomic E-state index is 13.2. The van der Waals surface area contributed by atoms with Crippen LogP contribution in [0, 0.1) is 0 Å². The minimum atomic E-state index is -4.48. The molecule has 2 fully saturated rings. The lowest BCUT2D eigenvalue weighted by Gasteiger charge is -2.23. The molecule has 2 aromatic rings. The molecule has 0 bridgehead atoms. The number of carbonyl (C=O) groups is 1. The van der Waals surface area contributed by atoms with Crippen molar-refractivity contribution in [2.75, 3.05) is 35.7 Å². The number of carbonyl (C=O) groups excluding carboxylic acids is 1. The third-order valence-electron chi connectivity index (χ3n) is 5.28. The van der Waals surface area contributed by atoms with Gasteiger partial charge in [-0.1, -0.05) is 11.8 Å². The van der Waals surface area contributed by atoms with Gasteiger partial charge in [-0.05, 0) is 54.3 Å². The van der Waals surface area contributed by atoms with E-state index in [2.05, 4.69) is 20.8 Å². The van der Waals surface area contributed by atoms with E-state index >= 15 is 0 Å². The predicted molar refractivity (Wildman–Crippen MR) is 109 cm³/mol. The van der Waals surface area contributed by atoms with E-state index in [1.807, 2.05) is 4.90 Å². The molecule has 1 amide bonds. The average Bonchev–Trinajstić information content (AvgIpc) is 3.49. The molecule has 3 heterocycles. The summed E-state index contributed by atoms with van der Waals surface area (Å²) < 4.78 is 46.8. The molecular formula is C19H23F3N6O2S. The lowest BCUT2D eigenvalue weighted by molar-refractivity contribution is -0.137. The number of hydrogen-bond acceptors (Lipinski definition) is 7. The fourth-order valence-electron chi connectivity index (χ4n) is 3.76. The number of hydrogen-bond donors (Lipinski definition) is 1. The van der Waals surface area contributed by atoms with Gasteiger partial charge in [-0.3, -0.25) is 4.79 Å². The van der Waals surface area contributed by atoms with Gasteiger partial charge in [-0.15, -0.1) is 5.10 Å². The van der Waals surface area contributed by atoms with Crippen molar-refractivity contribution in [3.63, 3.8) is 0 Å². The van der Waals surface area contributed by atoms with Gasteiger partial charge >= 0.3 is 6.18 Å². The number of nitrogens with zero attached hydrogens (tertiary/aromatic N) is 5. The van der Waals surface area contributed by atoms with Crippen LogP contribution in [0.15, 0.2) is 23.4 Å². The Hall–Kier alpha value is -2.34. The number of amides is 1. The summed E-state index contributed by atoms with van der Waals surface area (Å²) in [7, 11) is 0. The highest BCUT2D eigenvalue weighted by Gasteiger charge is 2.32. The molecule has 4 rings (SSSR count). The number of benzene rings is 1.